The molecule has 3 aliphatic rings. The lowest BCUT2D eigenvalue weighted by Crippen LogP contribution is -2.40. The van der Waals surface area contributed by atoms with Crippen molar-refractivity contribution in [2.45, 2.75) is 103 Å². The molecular weight excluding hydrogens is 510 g/mol. The van der Waals surface area contributed by atoms with Crippen molar-refractivity contribution in [3.8, 4) is 5.75 Å². The Morgan fingerprint density at radius 2 is 1.48 bits per heavy atom. The number of rotatable bonds is 11. The number of unbranched alkanes of at least 4 members (excludes halogenated alkanes) is 3. The smallest absolute Gasteiger partial charge is 0.414 e. The number of hydrogen-bond donors (Lipinski definition) is 2. The Labute approximate surface area is 239 Å². The predicted molar refractivity (Wildman–Crippen MR) is 155 cm³/mol. The summed E-state index contributed by atoms with van der Waals surface area (Å²) < 4.78 is 6.07. The molecule has 2 aliphatic heterocycles. The van der Waals surface area contributed by atoms with E-state index in [0.717, 1.165) is 31.8 Å². The summed E-state index contributed by atoms with van der Waals surface area (Å²) in [7, 11) is 0. The first-order valence-corrected chi connectivity index (χ1v) is 15.3. The first-order valence-electron chi connectivity index (χ1n) is 15.3. The van der Waals surface area contributed by atoms with Gasteiger partial charge in [0.1, 0.15) is 5.75 Å². The topological polar surface area (TPSA) is 111 Å². The van der Waals surface area contributed by atoms with E-state index >= 15 is 0 Å². The zero-order valence-electron chi connectivity index (χ0n) is 24.4. The number of urea groups is 1. The standard InChI is InChI=1S/C29H47N3O2.C2H2O4/c1-24(2)34-28-15-9-8-14-27(28)25-16-20-30(21-17-25)18-10-3-4-11-19-31-22-23-32(29(31)33)26-12-6-5-7-13-26;3-1(4)2(5)6/h8-9,14-15,24-26H,3-7,10-13,16-23H2,1-2H3;(H,3,4)(H,5,6). The zero-order valence-corrected chi connectivity index (χ0v) is 24.4. The lowest BCUT2D eigenvalue weighted by molar-refractivity contribution is -0.159. The summed E-state index contributed by atoms with van der Waals surface area (Å²) in [4.78, 5) is 37.9. The number of hydrogen-bond acceptors (Lipinski definition) is 5. The van der Waals surface area contributed by atoms with E-state index in [1.807, 2.05) is 0 Å². The van der Waals surface area contributed by atoms with Crippen LogP contribution in [0, 0.1) is 0 Å². The van der Waals surface area contributed by atoms with E-state index in [1.54, 1.807) is 0 Å². The van der Waals surface area contributed by atoms with Gasteiger partial charge in [-0.25, -0.2) is 14.4 Å². The molecule has 1 aliphatic carbocycles. The number of carboxylic acids is 2. The van der Waals surface area contributed by atoms with Crippen molar-refractivity contribution < 1.29 is 29.3 Å². The highest BCUT2D eigenvalue weighted by Gasteiger charge is 2.33. The summed E-state index contributed by atoms with van der Waals surface area (Å²) in [6, 6.07) is 9.46. The maximum absolute atomic E-state index is 12.8. The molecule has 40 heavy (non-hydrogen) atoms. The molecule has 0 aromatic heterocycles. The number of aliphatic carboxylic acids is 2. The highest BCUT2D eigenvalue weighted by Crippen LogP contribution is 2.34. The van der Waals surface area contributed by atoms with Gasteiger partial charge >= 0.3 is 18.0 Å². The maximum Gasteiger partial charge on any atom is 0.414 e. The Morgan fingerprint density at radius 1 is 0.850 bits per heavy atom. The first-order chi connectivity index (χ1) is 19.3. The average molecular weight is 560 g/mol. The second-order valence-electron chi connectivity index (χ2n) is 11.6. The van der Waals surface area contributed by atoms with E-state index in [0.29, 0.717) is 18.0 Å². The van der Waals surface area contributed by atoms with Gasteiger partial charge < -0.3 is 29.6 Å². The largest absolute Gasteiger partial charge is 0.491 e. The minimum Gasteiger partial charge on any atom is -0.491 e. The van der Waals surface area contributed by atoms with Crippen molar-refractivity contribution in [2.24, 2.45) is 0 Å². The fraction of sp³-hybridized carbons (Fsp3) is 0.710. The van der Waals surface area contributed by atoms with E-state index in [9.17, 15) is 4.79 Å². The van der Waals surface area contributed by atoms with Crippen LogP contribution in [0.3, 0.4) is 0 Å². The van der Waals surface area contributed by atoms with Gasteiger partial charge in [0.15, 0.2) is 0 Å². The molecule has 1 aromatic carbocycles. The van der Waals surface area contributed by atoms with Crippen LogP contribution in [0.2, 0.25) is 0 Å². The van der Waals surface area contributed by atoms with E-state index in [1.165, 1.54) is 89.4 Å². The molecule has 3 fully saturated rings. The van der Waals surface area contributed by atoms with Crippen molar-refractivity contribution in [2.75, 3.05) is 39.3 Å². The number of para-hydroxylation sites is 1. The fourth-order valence-corrected chi connectivity index (χ4v) is 6.18. The summed E-state index contributed by atoms with van der Waals surface area (Å²) in [5.41, 5.74) is 1.40. The number of piperidine rings is 1. The molecule has 0 radical (unpaired) electrons. The van der Waals surface area contributed by atoms with Crippen LogP contribution in [0.4, 0.5) is 4.79 Å². The fourth-order valence-electron chi connectivity index (χ4n) is 6.18. The normalized spacial score (nSPS) is 19.0. The second-order valence-corrected chi connectivity index (χ2v) is 11.6. The molecular formula is C31H49N3O6. The lowest BCUT2D eigenvalue weighted by atomic mass is 9.88. The van der Waals surface area contributed by atoms with Crippen LogP contribution < -0.4 is 4.74 Å². The minimum absolute atomic E-state index is 0.223. The third kappa shape index (κ3) is 9.98. The molecule has 2 amide bonds. The Morgan fingerprint density at radius 3 is 2.10 bits per heavy atom. The number of carboxylic acid groups (broad SMARTS) is 2. The van der Waals surface area contributed by atoms with E-state index in [2.05, 4.69) is 52.8 Å². The molecule has 224 valence electrons. The number of carbonyl (C=O) groups excluding carboxylic acids is 1. The van der Waals surface area contributed by atoms with Gasteiger partial charge in [-0.2, -0.15) is 0 Å². The molecule has 2 saturated heterocycles. The first kappa shape index (κ1) is 31.7. The molecule has 0 spiro atoms. The summed E-state index contributed by atoms with van der Waals surface area (Å²) in [5.74, 6) is -1.95. The molecule has 2 heterocycles. The second kappa shape index (κ2) is 16.5. The van der Waals surface area contributed by atoms with E-state index in [-0.39, 0.29) is 6.10 Å². The quantitative estimate of drug-likeness (QED) is 0.274. The van der Waals surface area contributed by atoms with Crippen molar-refractivity contribution in [3.05, 3.63) is 29.8 Å². The van der Waals surface area contributed by atoms with Gasteiger partial charge in [-0.3, -0.25) is 0 Å². The number of likely N-dealkylation sites (tertiary alicyclic amines) is 1. The SMILES string of the molecule is CC(C)Oc1ccccc1C1CCN(CCCCCCN2CCN(C3CCCCC3)C2=O)CC1.O=C(O)C(=O)O. The Kier molecular flexibility index (Phi) is 13.0. The van der Waals surface area contributed by atoms with Crippen molar-refractivity contribution in [1.29, 1.82) is 0 Å². The minimum atomic E-state index is -1.82. The summed E-state index contributed by atoms with van der Waals surface area (Å²) in [6.45, 7) is 10.7. The van der Waals surface area contributed by atoms with Crippen LogP contribution >= 0.6 is 0 Å². The number of nitrogens with zero attached hydrogens (tertiary/aromatic N) is 3. The zero-order chi connectivity index (χ0) is 28.9. The van der Waals surface area contributed by atoms with Gasteiger partial charge in [0, 0.05) is 25.7 Å². The van der Waals surface area contributed by atoms with Crippen LogP contribution in [-0.4, -0.2) is 94.3 Å². The lowest BCUT2D eigenvalue weighted by Gasteiger charge is -2.33. The third-order valence-electron chi connectivity index (χ3n) is 8.29. The van der Waals surface area contributed by atoms with E-state index in [4.69, 9.17) is 24.5 Å². The molecule has 0 bridgehead atoms. The van der Waals surface area contributed by atoms with Crippen LogP contribution in [-0.2, 0) is 9.59 Å². The molecule has 1 saturated carbocycles. The van der Waals surface area contributed by atoms with Gasteiger partial charge in [0.25, 0.3) is 0 Å². The number of benzene rings is 1. The monoisotopic (exact) mass is 559 g/mol. The predicted octanol–water partition coefficient (Wildman–Crippen LogP) is 5.44. The molecule has 2 N–H and O–H groups in total. The highest BCUT2D eigenvalue weighted by atomic mass is 16.5. The average Bonchev–Trinajstić information content (AvgIpc) is 3.31. The van der Waals surface area contributed by atoms with Crippen molar-refractivity contribution >= 4 is 18.0 Å². The van der Waals surface area contributed by atoms with Gasteiger partial charge in [0.2, 0.25) is 0 Å². The summed E-state index contributed by atoms with van der Waals surface area (Å²) in [5, 5.41) is 14.8. The van der Waals surface area contributed by atoms with Crippen LogP contribution in [0.1, 0.15) is 96.0 Å². The summed E-state index contributed by atoms with van der Waals surface area (Å²) >= 11 is 0. The molecule has 0 atom stereocenters. The Hall–Kier alpha value is -2.81. The van der Waals surface area contributed by atoms with Gasteiger partial charge in [-0.15, -0.1) is 0 Å². The van der Waals surface area contributed by atoms with Gasteiger partial charge in [-0.05, 0) is 89.6 Å². The third-order valence-corrected chi connectivity index (χ3v) is 8.29. The number of amides is 2. The molecule has 0 unspecified atom stereocenters. The molecule has 4 rings (SSSR count). The van der Waals surface area contributed by atoms with Crippen molar-refractivity contribution in [3.63, 3.8) is 0 Å². The van der Waals surface area contributed by atoms with Crippen LogP contribution in [0.15, 0.2) is 24.3 Å². The van der Waals surface area contributed by atoms with Gasteiger partial charge in [0.05, 0.1) is 6.10 Å². The highest BCUT2D eigenvalue weighted by molar-refractivity contribution is 6.27. The van der Waals surface area contributed by atoms with E-state index < -0.39 is 11.9 Å². The summed E-state index contributed by atoms with van der Waals surface area (Å²) in [6.07, 6.45) is 14.0. The molecule has 9 heteroatoms. The van der Waals surface area contributed by atoms with Crippen molar-refractivity contribution in [1.82, 2.24) is 14.7 Å². The Bertz CT molecular complexity index is 929. The number of ether oxygens (including phenoxy) is 1. The Balaban J connectivity index is 0.000000663. The van der Waals surface area contributed by atoms with Crippen LogP contribution in [0.5, 0.6) is 5.75 Å². The van der Waals surface area contributed by atoms with Gasteiger partial charge in [-0.1, -0.05) is 50.3 Å². The molecule has 9 nitrogen and oxygen atoms in total. The maximum atomic E-state index is 12.8. The van der Waals surface area contributed by atoms with Crippen LogP contribution in [0.25, 0.3) is 0 Å². The number of carbonyl (C=O) groups is 3. The molecule has 1 aromatic rings.